The number of carbonyl (C=O) groups excluding carboxylic acids is 1. The van der Waals surface area contributed by atoms with Gasteiger partial charge in [0.2, 0.25) is 5.91 Å². The summed E-state index contributed by atoms with van der Waals surface area (Å²) in [4.78, 5) is 22.3. The van der Waals surface area contributed by atoms with Crippen molar-refractivity contribution < 1.29 is 9.18 Å². The van der Waals surface area contributed by atoms with Crippen molar-refractivity contribution in [2.45, 2.75) is 23.5 Å². The Kier molecular flexibility index (Phi) is 7.57. The summed E-state index contributed by atoms with van der Waals surface area (Å²) in [5, 5.41) is 11.9. The van der Waals surface area contributed by atoms with Crippen LogP contribution in [0.2, 0.25) is 0 Å². The maximum absolute atomic E-state index is 13.0. The first-order valence-electron chi connectivity index (χ1n) is 9.68. The lowest BCUT2D eigenvalue weighted by Gasteiger charge is -2.24. The average Bonchev–Trinajstić information content (AvgIpc) is 3.26. The lowest BCUT2D eigenvalue weighted by Crippen LogP contribution is -2.39. The number of amides is 1. The standard InChI is InChI=1S/C24H21FN4OS2/c1-4-5-20(27-13-12-25)29-23(30)24(2,3)32-19-11-10-18-22(31-15-28-18)21(19)17-8-6-16(14-26)7-9-17/h4-11,13,15H,1,12H2,2-3H3,(H,29,30)/b20-5+,27-13-. The second-order valence-electron chi connectivity index (χ2n) is 7.15. The van der Waals surface area contributed by atoms with Crippen LogP contribution in [0.5, 0.6) is 0 Å². The number of halogens is 1. The molecular weight excluding hydrogens is 443 g/mol. The lowest BCUT2D eigenvalue weighted by molar-refractivity contribution is -0.121. The van der Waals surface area contributed by atoms with Gasteiger partial charge >= 0.3 is 0 Å². The van der Waals surface area contributed by atoms with E-state index in [0.29, 0.717) is 5.56 Å². The highest BCUT2D eigenvalue weighted by Crippen LogP contribution is 2.43. The van der Waals surface area contributed by atoms with Gasteiger partial charge in [0.25, 0.3) is 0 Å². The number of benzene rings is 2. The third-order valence-corrected chi connectivity index (χ3v) is 6.61. The predicted octanol–water partition coefficient (Wildman–Crippen LogP) is 5.89. The predicted molar refractivity (Wildman–Crippen MR) is 131 cm³/mol. The highest BCUT2D eigenvalue weighted by molar-refractivity contribution is 8.01. The minimum atomic E-state index is -0.870. The van der Waals surface area contributed by atoms with Crippen molar-refractivity contribution in [1.29, 1.82) is 5.26 Å². The quantitative estimate of drug-likeness (QED) is 0.256. The number of nitrogens with zero attached hydrogens (tertiary/aromatic N) is 3. The number of hydrogen-bond acceptors (Lipinski definition) is 6. The van der Waals surface area contributed by atoms with Crippen LogP contribution < -0.4 is 5.32 Å². The molecule has 3 rings (SSSR count). The maximum atomic E-state index is 13.0. The number of rotatable bonds is 8. The molecule has 1 amide bonds. The number of alkyl halides is 1. The van der Waals surface area contributed by atoms with Crippen molar-refractivity contribution in [1.82, 2.24) is 10.3 Å². The van der Waals surface area contributed by atoms with Gasteiger partial charge in [0.05, 0.1) is 32.1 Å². The van der Waals surface area contributed by atoms with E-state index in [2.05, 4.69) is 27.9 Å². The SMILES string of the molecule is C=C/C=C(\N=C/CF)NC(=O)C(C)(C)Sc1ccc2ncsc2c1-c1ccc(C#N)cc1. The molecule has 1 aromatic heterocycles. The number of aromatic nitrogens is 1. The molecule has 0 atom stereocenters. The average molecular weight is 465 g/mol. The summed E-state index contributed by atoms with van der Waals surface area (Å²) >= 11 is 2.94. The van der Waals surface area contributed by atoms with Crippen molar-refractivity contribution in [2.75, 3.05) is 6.67 Å². The first-order chi connectivity index (χ1) is 15.4. The molecule has 2 aromatic carbocycles. The number of nitriles is 1. The van der Waals surface area contributed by atoms with Crippen LogP contribution in [0.1, 0.15) is 19.4 Å². The number of thiazole rings is 1. The Balaban J connectivity index is 1.97. The molecule has 3 aromatic rings. The van der Waals surface area contributed by atoms with E-state index in [9.17, 15) is 9.18 Å². The fraction of sp³-hybridized carbons (Fsp3) is 0.167. The van der Waals surface area contributed by atoms with Crippen LogP contribution in [0.25, 0.3) is 21.3 Å². The van der Waals surface area contributed by atoms with Gasteiger partial charge in [-0.25, -0.2) is 14.4 Å². The molecule has 5 nitrogen and oxygen atoms in total. The van der Waals surface area contributed by atoms with Crippen molar-refractivity contribution in [3.05, 3.63) is 72.0 Å². The molecular formula is C24H21FN4OS2. The smallest absolute Gasteiger partial charge is 0.241 e. The van der Waals surface area contributed by atoms with Gasteiger partial charge < -0.3 is 5.32 Å². The minimum Gasteiger partial charge on any atom is -0.310 e. The molecule has 0 fully saturated rings. The number of carbonyl (C=O) groups is 1. The van der Waals surface area contributed by atoms with Gasteiger partial charge in [-0.3, -0.25) is 4.79 Å². The Morgan fingerprint density at radius 1 is 1.34 bits per heavy atom. The van der Waals surface area contributed by atoms with Gasteiger partial charge in [-0.15, -0.1) is 23.1 Å². The molecule has 0 saturated heterocycles. The lowest BCUT2D eigenvalue weighted by atomic mass is 10.0. The molecule has 32 heavy (non-hydrogen) atoms. The van der Waals surface area contributed by atoms with E-state index in [1.807, 2.05) is 38.1 Å². The third-order valence-electron chi connectivity index (χ3n) is 4.49. The van der Waals surface area contributed by atoms with E-state index >= 15 is 0 Å². The largest absolute Gasteiger partial charge is 0.310 e. The molecule has 0 unspecified atom stereocenters. The first kappa shape index (κ1) is 23.4. The summed E-state index contributed by atoms with van der Waals surface area (Å²) in [5.41, 5.74) is 5.15. The van der Waals surface area contributed by atoms with Crippen molar-refractivity contribution >= 4 is 45.4 Å². The summed E-state index contributed by atoms with van der Waals surface area (Å²) in [7, 11) is 0. The number of thioether (sulfide) groups is 1. The van der Waals surface area contributed by atoms with Crippen molar-refractivity contribution in [3.63, 3.8) is 0 Å². The van der Waals surface area contributed by atoms with E-state index < -0.39 is 11.4 Å². The summed E-state index contributed by atoms with van der Waals surface area (Å²) in [5.74, 6) is -0.0525. The van der Waals surface area contributed by atoms with Crippen LogP contribution in [-0.2, 0) is 4.79 Å². The first-order valence-corrected chi connectivity index (χ1v) is 11.4. The molecule has 0 aliphatic carbocycles. The Hall–Kier alpha value is -3.28. The maximum Gasteiger partial charge on any atom is 0.241 e. The topological polar surface area (TPSA) is 78.1 Å². The molecule has 0 radical (unpaired) electrons. The number of hydrogen-bond donors (Lipinski definition) is 1. The number of fused-ring (bicyclic) bond motifs is 1. The Labute approximate surface area is 194 Å². The second kappa shape index (κ2) is 10.4. The van der Waals surface area contributed by atoms with E-state index in [1.54, 1.807) is 17.6 Å². The Morgan fingerprint density at radius 3 is 2.75 bits per heavy atom. The van der Waals surface area contributed by atoms with Crippen LogP contribution in [0.15, 0.2) is 76.3 Å². The Bertz CT molecular complexity index is 1240. The monoisotopic (exact) mass is 464 g/mol. The van der Waals surface area contributed by atoms with Crippen LogP contribution in [-0.4, -0.2) is 28.5 Å². The van der Waals surface area contributed by atoms with E-state index in [-0.39, 0.29) is 11.7 Å². The molecule has 1 heterocycles. The van der Waals surface area contributed by atoms with Crippen LogP contribution >= 0.6 is 23.1 Å². The summed E-state index contributed by atoms with van der Waals surface area (Å²) < 4.78 is 12.6. The third kappa shape index (κ3) is 5.31. The van der Waals surface area contributed by atoms with Gasteiger partial charge in [0, 0.05) is 16.7 Å². The minimum absolute atomic E-state index is 0.224. The summed E-state index contributed by atoms with van der Waals surface area (Å²) in [6.07, 6.45) is 4.07. The number of aliphatic imine (C=N–C) groups is 1. The molecule has 1 N–H and O–H groups in total. The molecule has 0 saturated carbocycles. The molecule has 0 spiro atoms. The zero-order valence-electron chi connectivity index (χ0n) is 17.6. The number of allylic oxidation sites excluding steroid dienone is 2. The Morgan fingerprint density at radius 2 is 2.09 bits per heavy atom. The van der Waals surface area contributed by atoms with E-state index in [4.69, 9.17) is 5.26 Å². The fourth-order valence-corrected chi connectivity index (χ4v) is 5.00. The van der Waals surface area contributed by atoms with Crippen LogP contribution in [0.3, 0.4) is 0 Å². The fourth-order valence-electron chi connectivity index (χ4n) is 2.93. The summed E-state index contributed by atoms with van der Waals surface area (Å²) in [6.45, 7) is 6.50. The molecule has 0 bridgehead atoms. The highest BCUT2D eigenvalue weighted by atomic mass is 32.2. The van der Waals surface area contributed by atoms with Gasteiger partial charge in [-0.2, -0.15) is 5.26 Å². The zero-order chi connectivity index (χ0) is 23.1. The molecule has 0 aliphatic rings. The second-order valence-corrected chi connectivity index (χ2v) is 9.67. The van der Waals surface area contributed by atoms with Gasteiger partial charge in [0.1, 0.15) is 12.5 Å². The van der Waals surface area contributed by atoms with E-state index in [1.165, 1.54) is 35.3 Å². The van der Waals surface area contributed by atoms with Crippen LogP contribution in [0, 0.1) is 11.3 Å². The van der Waals surface area contributed by atoms with Gasteiger partial charge in [-0.05, 0) is 49.8 Å². The zero-order valence-corrected chi connectivity index (χ0v) is 19.3. The molecule has 8 heteroatoms. The molecule has 162 valence electrons. The van der Waals surface area contributed by atoms with Crippen LogP contribution in [0.4, 0.5) is 4.39 Å². The highest BCUT2D eigenvalue weighted by Gasteiger charge is 2.31. The normalized spacial score (nSPS) is 12.1. The van der Waals surface area contributed by atoms with Crippen molar-refractivity contribution in [2.24, 2.45) is 4.99 Å². The van der Waals surface area contributed by atoms with Gasteiger partial charge in [0.15, 0.2) is 0 Å². The molecule has 0 aliphatic heterocycles. The van der Waals surface area contributed by atoms with E-state index in [0.717, 1.165) is 32.5 Å². The van der Waals surface area contributed by atoms with Gasteiger partial charge in [-0.1, -0.05) is 24.8 Å². The van der Waals surface area contributed by atoms with Crippen molar-refractivity contribution in [3.8, 4) is 17.2 Å². The summed E-state index contributed by atoms with van der Waals surface area (Å²) in [6, 6.07) is 13.4. The number of nitrogens with one attached hydrogen (secondary N) is 1.